The summed E-state index contributed by atoms with van der Waals surface area (Å²) < 4.78 is 0. The molecule has 1 amide bonds. The zero-order valence-corrected chi connectivity index (χ0v) is 18.9. The summed E-state index contributed by atoms with van der Waals surface area (Å²) >= 11 is 1.67. The molecule has 30 heavy (non-hydrogen) atoms. The molecule has 0 radical (unpaired) electrons. The average Bonchev–Trinajstić information content (AvgIpc) is 2.73. The molecule has 0 aliphatic heterocycles. The van der Waals surface area contributed by atoms with Gasteiger partial charge in [-0.3, -0.25) is 9.59 Å². The van der Waals surface area contributed by atoms with Crippen LogP contribution in [0.5, 0.6) is 0 Å². The first kappa shape index (κ1) is 24.0. The van der Waals surface area contributed by atoms with E-state index in [4.69, 9.17) is 5.11 Å². The van der Waals surface area contributed by atoms with Gasteiger partial charge < -0.3 is 10.0 Å². The average molecular weight is 428 g/mol. The zero-order chi connectivity index (χ0) is 21.8. The number of aliphatic carboxylic acids is 1. The lowest BCUT2D eigenvalue weighted by Crippen LogP contribution is -2.25. The molecule has 2 aromatic carbocycles. The highest BCUT2D eigenvalue weighted by molar-refractivity contribution is 7.99. The number of hydrogen-bond acceptors (Lipinski definition) is 3. The standard InChI is InChI=1S/C25H33NO3S/c1-3-4-5-6-7-11-24(27)26(2)19-21-9-8-10-23(18-21)30-22-15-12-20(13-16-22)14-17-25(28)29/h8-10,12-13,15-16,18H,3-7,11,14,17,19H2,1-2H3,(H,28,29). The van der Waals surface area contributed by atoms with Gasteiger partial charge >= 0.3 is 5.97 Å². The molecule has 0 aliphatic carbocycles. The summed E-state index contributed by atoms with van der Waals surface area (Å²) in [6, 6.07) is 16.3. The van der Waals surface area contributed by atoms with Gasteiger partial charge in [0.15, 0.2) is 0 Å². The van der Waals surface area contributed by atoms with Crippen LogP contribution in [0.3, 0.4) is 0 Å². The Balaban J connectivity index is 1.85. The van der Waals surface area contributed by atoms with Crippen molar-refractivity contribution >= 4 is 23.6 Å². The second kappa shape index (κ2) is 13.1. The van der Waals surface area contributed by atoms with Crippen LogP contribution in [0.25, 0.3) is 0 Å². The number of rotatable bonds is 13. The van der Waals surface area contributed by atoms with Crippen molar-refractivity contribution in [3.05, 3.63) is 59.7 Å². The Morgan fingerprint density at radius 2 is 1.63 bits per heavy atom. The minimum Gasteiger partial charge on any atom is -0.481 e. The lowest BCUT2D eigenvalue weighted by molar-refractivity contribution is -0.137. The minimum atomic E-state index is -0.773. The number of carboxylic acids is 1. The topological polar surface area (TPSA) is 57.6 Å². The predicted molar refractivity (Wildman–Crippen MR) is 123 cm³/mol. The maximum atomic E-state index is 12.4. The summed E-state index contributed by atoms with van der Waals surface area (Å²) in [6.07, 6.45) is 7.12. The summed E-state index contributed by atoms with van der Waals surface area (Å²) in [5.41, 5.74) is 2.16. The van der Waals surface area contributed by atoms with Crippen LogP contribution in [-0.4, -0.2) is 28.9 Å². The van der Waals surface area contributed by atoms with Gasteiger partial charge in [-0.15, -0.1) is 0 Å². The van der Waals surface area contributed by atoms with E-state index < -0.39 is 5.97 Å². The molecule has 0 bridgehead atoms. The third-order valence-corrected chi connectivity index (χ3v) is 6.02. The number of unbranched alkanes of at least 4 members (excludes halogenated alkanes) is 4. The third kappa shape index (κ3) is 9.04. The second-order valence-electron chi connectivity index (χ2n) is 7.70. The van der Waals surface area contributed by atoms with Gasteiger partial charge in [0, 0.05) is 36.2 Å². The van der Waals surface area contributed by atoms with Gasteiger partial charge in [0.2, 0.25) is 5.91 Å². The van der Waals surface area contributed by atoms with Crippen LogP contribution in [0.1, 0.15) is 63.0 Å². The Bertz CT molecular complexity index is 804. The highest BCUT2D eigenvalue weighted by Crippen LogP contribution is 2.29. The first-order valence-electron chi connectivity index (χ1n) is 10.8. The van der Waals surface area contributed by atoms with E-state index in [0.717, 1.165) is 33.8 Å². The van der Waals surface area contributed by atoms with E-state index in [2.05, 4.69) is 25.1 Å². The molecule has 0 spiro atoms. The van der Waals surface area contributed by atoms with Gasteiger partial charge in [-0.05, 0) is 48.2 Å². The van der Waals surface area contributed by atoms with E-state index in [1.807, 2.05) is 42.3 Å². The number of amides is 1. The highest BCUT2D eigenvalue weighted by atomic mass is 32.2. The molecular weight excluding hydrogens is 394 g/mol. The lowest BCUT2D eigenvalue weighted by Gasteiger charge is -2.18. The minimum absolute atomic E-state index is 0.152. The number of hydrogen-bond donors (Lipinski definition) is 1. The maximum Gasteiger partial charge on any atom is 0.303 e. The third-order valence-electron chi connectivity index (χ3n) is 5.02. The van der Waals surface area contributed by atoms with Crippen LogP contribution >= 0.6 is 11.8 Å². The number of carbonyl (C=O) groups is 2. The maximum absolute atomic E-state index is 12.4. The summed E-state index contributed by atoms with van der Waals surface area (Å²) in [4.78, 5) is 27.1. The zero-order valence-electron chi connectivity index (χ0n) is 18.1. The summed E-state index contributed by atoms with van der Waals surface area (Å²) in [5, 5.41) is 8.79. The van der Waals surface area contributed by atoms with Crippen LogP contribution in [0.4, 0.5) is 0 Å². The van der Waals surface area contributed by atoms with E-state index in [0.29, 0.717) is 19.4 Å². The monoisotopic (exact) mass is 427 g/mol. The van der Waals surface area contributed by atoms with Crippen molar-refractivity contribution in [1.82, 2.24) is 4.90 Å². The van der Waals surface area contributed by atoms with Gasteiger partial charge in [-0.2, -0.15) is 0 Å². The molecule has 5 heteroatoms. The van der Waals surface area contributed by atoms with E-state index in [-0.39, 0.29) is 12.3 Å². The SMILES string of the molecule is CCCCCCCC(=O)N(C)Cc1cccc(Sc2ccc(CCC(=O)O)cc2)c1. The van der Waals surface area contributed by atoms with Crippen molar-refractivity contribution < 1.29 is 14.7 Å². The van der Waals surface area contributed by atoms with Crippen LogP contribution in [0, 0.1) is 0 Å². The molecule has 0 saturated heterocycles. The molecule has 0 aromatic heterocycles. The molecular formula is C25H33NO3S. The van der Waals surface area contributed by atoms with Crippen LogP contribution in [-0.2, 0) is 22.6 Å². The van der Waals surface area contributed by atoms with Gasteiger partial charge in [-0.1, -0.05) is 68.6 Å². The van der Waals surface area contributed by atoms with Crippen LogP contribution in [0.15, 0.2) is 58.3 Å². The highest BCUT2D eigenvalue weighted by Gasteiger charge is 2.10. The van der Waals surface area contributed by atoms with Crippen molar-refractivity contribution in [3.8, 4) is 0 Å². The van der Waals surface area contributed by atoms with E-state index in [9.17, 15) is 9.59 Å². The predicted octanol–water partition coefficient (Wildman–Crippen LogP) is 6.17. The normalized spacial score (nSPS) is 10.7. The van der Waals surface area contributed by atoms with Crippen molar-refractivity contribution in [3.63, 3.8) is 0 Å². The number of nitrogens with zero attached hydrogens (tertiary/aromatic N) is 1. The van der Waals surface area contributed by atoms with Gasteiger partial charge in [0.05, 0.1) is 0 Å². The fourth-order valence-corrected chi connectivity index (χ4v) is 4.15. The van der Waals surface area contributed by atoms with Crippen LogP contribution < -0.4 is 0 Å². The Morgan fingerprint density at radius 3 is 2.33 bits per heavy atom. The first-order chi connectivity index (χ1) is 14.5. The van der Waals surface area contributed by atoms with Crippen molar-refractivity contribution in [2.45, 2.75) is 74.6 Å². The number of carboxylic acid groups (broad SMARTS) is 1. The van der Waals surface area contributed by atoms with Gasteiger partial charge in [-0.25, -0.2) is 0 Å². The fraction of sp³-hybridized carbons (Fsp3) is 0.440. The molecule has 0 saturated carbocycles. The Hall–Kier alpha value is -2.27. The Labute approximate surface area is 184 Å². The van der Waals surface area contributed by atoms with Crippen molar-refractivity contribution in [1.29, 1.82) is 0 Å². The van der Waals surface area contributed by atoms with E-state index >= 15 is 0 Å². The molecule has 0 unspecified atom stereocenters. The van der Waals surface area contributed by atoms with Crippen molar-refractivity contribution in [2.75, 3.05) is 7.05 Å². The molecule has 2 rings (SSSR count). The molecule has 162 valence electrons. The second-order valence-corrected chi connectivity index (χ2v) is 8.85. The Morgan fingerprint density at radius 1 is 0.900 bits per heavy atom. The van der Waals surface area contributed by atoms with Gasteiger partial charge in [0.25, 0.3) is 0 Å². The molecule has 0 aliphatic rings. The Kier molecular flexibility index (Phi) is 10.5. The number of benzene rings is 2. The molecule has 2 aromatic rings. The van der Waals surface area contributed by atoms with Gasteiger partial charge in [0.1, 0.15) is 0 Å². The van der Waals surface area contributed by atoms with Crippen LogP contribution in [0.2, 0.25) is 0 Å². The number of carbonyl (C=O) groups excluding carboxylic acids is 1. The molecule has 1 N–H and O–H groups in total. The smallest absolute Gasteiger partial charge is 0.303 e. The molecule has 4 nitrogen and oxygen atoms in total. The molecule has 0 heterocycles. The van der Waals surface area contributed by atoms with E-state index in [1.165, 1.54) is 19.3 Å². The fourth-order valence-electron chi connectivity index (χ4n) is 3.25. The quantitative estimate of drug-likeness (QED) is 0.388. The first-order valence-corrected chi connectivity index (χ1v) is 11.6. The van der Waals surface area contributed by atoms with E-state index in [1.54, 1.807) is 11.8 Å². The van der Waals surface area contributed by atoms with Crippen molar-refractivity contribution in [2.24, 2.45) is 0 Å². The summed E-state index contributed by atoms with van der Waals surface area (Å²) in [6.45, 7) is 2.82. The molecule has 0 atom stereocenters. The summed E-state index contributed by atoms with van der Waals surface area (Å²) in [7, 11) is 1.88. The summed E-state index contributed by atoms with van der Waals surface area (Å²) in [5.74, 6) is -0.563. The molecule has 0 fully saturated rings. The lowest BCUT2D eigenvalue weighted by atomic mass is 10.1. The number of aryl methyl sites for hydroxylation is 1. The largest absolute Gasteiger partial charge is 0.481 e.